The van der Waals surface area contributed by atoms with Crippen LogP contribution < -0.4 is 9.64 Å². The van der Waals surface area contributed by atoms with E-state index >= 15 is 0 Å². The third-order valence-corrected chi connectivity index (χ3v) is 4.74. The molecule has 2 aromatic rings. The molecule has 0 aromatic heterocycles. The van der Waals surface area contributed by atoms with Gasteiger partial charge in [-0.2, -0.15) is 0 Å². The molecule has 1 aliphatic rings. The quantitative estimate of drug-likeness (QED) is 0.890. The van der Waals surface area contributed by atoms with Crippen LogP contribution in [0, 0.1) is 5.82 Å². The summed E-state index contributed by atoms with van der Waals surface area (Å²) >= 11 is 0. The Kier molecular flexibility index (Phi) is 5.59. The minimum absolute atomic E-state index is 0.176. The summed E-state index contributed by atoms with van der Waals surface area (Å²) in [6.45, 7) is 0.701. The summed E-state index contributed by atoms with van der Waals surface area (Å²) in [4.78, 5) is 27.4. The largest absolute Gasteiger partial charge is 0.497 e. The van der Waals surface area contributed by atoms with Gasteiger partial charge >= 0.3 is 6.09 Å². The molecule has 0 spiro atoms. The molecule has 0 unspecified atom stereocenters. The molecule has 2 aromatic carbocycles. The molecule has 7 heteroatoms. The summed E-state index contributed by atoms with van der Waals surface area (Å²) in [5, 5.41) is 9.15. The number of rotatable bonds is 4. The van der Waals surface area contributed by atoms with Crippen LogP contribution in [0.5, 0.6) is 5.75 Å². The summed E-state index contributed by atoms with van der Waals surface area (Å²) in [7, 11) is 1.53. The van der Waals surface area contributed by atoms with Crippen molar-refractivity contribution in [2.24, 2.45) is 0 Å². The Morgan fingerprint density at radius 1 is 1.15 bits per heavy atom. The second kappa shape index (κ2) is 8.07. The second-order valence-corrected chi connectivity index (χ2v) is 6.38. The van der Waals surface area contributed by atoms with Gasteiger partial charge in [0.05, 0.1) is 7.11 Å². The minimum atomic E-state index is -0.957. The number of halogens is 1. The molecule has 1 N–H and O–H groups in total. The maximum Gasteiger partial charge on any atom is 0.407 e. The Labute approximate surface area is 156 Å². The molecule has 0 radical (unpaired) electrons. The summed E-state index contributed by atoms with van der Waals surface area (Å²) in [5.41, 5.74) is 1.04. The first-order valence-electron chi connectivity index (χ1n) is 8.70. The van der Waals surface area contributed by atoms with Gasteiger partial charge in [0.25, 0.3) is 5.91 Å². The molecule has 0 aliphatic carbocycles. The van der Waals surface area contributed by atoms with Gasteiger partial charge in [0.15, 0.2) is 0 Å². The lowest BCUT2D eigenvalue weighted by Crippen LogP contribution is -2.48. The number of likely N-dealkylation sites (tertiary alicyclic amines) is 1. The summed E-state index contributed by atoms with van der Waals surface area (Å²) in [6.07, 6.45) is 0.0691. The van der Waals surface area contributed by atoms with Crippen molar-refractivity contribution in [1.29, 1.82) is 0 Å². The number of benzene rings is 2. The van der Waals surface area contributed by atoms with E-state index in [1.807, 2.05) is 0 Å². The van der Waals surface area contributed by atoms with E-state index < -0.39 is 6.09 Å². The topological polar surface area (TPSA) is 70.1 Å². The van der Waals surface area contributed by atoms with Crippen molar-refractivity contribution in [1.82, 2.24) is 4.90 Å². The Balaban J connectivity index is 1.91. The summed E-state index contributed by atoms with van der Waals surface area (Å²) in [6, 6.07) is 12.4. The zero-order chi connectivity index (χ0) is 19.4. The molecule has 1 heterocycles. The molecule has 1 saturated heterocycles. The van der Waals surface area contributed by atoms with Gasteiger partial charge in [-0.25, -0.2) is 9.18 Å². The van der Waals surface area contributed by atoms with Crippen molar-refractivity contribution in [3.8, 4) is 5.75 Å². The Hall–Kier alpha value is -3.09. The van der Waals surface area contributed by atoms with Crippen molar-refractivity contribution in [2.45, 2.75) is 18.9 Å². The van der Waals surface area contributed by atoms with Crippen LogP contribution in [0.25, 0.3) is 0 Å². The van der Waals surface area contributed by atoms with E-state index in [-0.39, 0.29) is 17.8 Å². The number of amides is 2. The highest BCUT2D eigenvalue weighted by Crippen LogP contribution is 2.27. The Bertz CT molecular complexity index is 817. The molecule has 2 amide bonds. The van der Waals surface area contributed by atoms with Gasteiger partial charge in [0, 0.05) is 30.4 Å². The van der Waals surface area contributed by atoms with Crippen molar-refractivity contribution in [2.75, 3.05) is 25.1 Å². The Morgan fingerprint density at radius 3 is 2.41 bits per heavy atom. The van der Waals surface area contributed by atoms with Gasteiger partial charge in [-0.05, 0) is 55.3 Å². The first-order chi connectivity index (χ1) is 13.0. The van der Waals surface area contributed by atoms with Crippen LogP contribution in [0.2, 0.25) is 0 Å². The molecule has 1 fully saturated rings. The van der Waals surface area contributed by atoms with Crippen LogP contribution in [0.15, 0.2) is 48.5 Å². The monoisotopic (exact) mass is 372 g/mol. The van der Waals surface area contributed by atoms with Gasteiger partial charge in [0.2, 0.25) is 0 Å². The molecule has 0 atom stereocenters. The molecule has 27 heavy (non-hydrogen) atoms. The lowest BCUT2D eigenvalue weighted by Gasteiger charge is -2.37. The highest BCUT2D eigenvalue weighted by molar-refractivity contribution is 6.06. The van der Waals surface area contributed by atoms with Crippen LogP contribution in [0.3, 0.4) is 0 Å². The number of carbonyl (C=O) groups excluding carboxylic acids is 1. The zero-order valence-corrected chi connectivity index (χ0v) is 15.0. The van der Waals surface area contributed by atoms with Gasteiger partial charge in [-0.3, -0.25) is 4.79 Å². The molecule has 0 saturated carbocycles. The van der Waals surface area contributed by atoms with Crippen molar-refractivity contribution in [3.63, 3.8) is 0 Å². The number of hydrogen-bond donors (Lipinski definition) is 1. The second-order valence-electron chi connectivity index (χ2n) is 6.38. The van der Waals surface area contributed by atoms with E-state index in [9.17, 15) is 14.0 Å². The highest BCUT2D eigenvalue weighted by Gasteiger charge is 2.31. The number of carbonyl (C=O) groups is 2. The van der Waals surface area contributed by atoms with Crippen molar-refractivity contribution >= 4 is 17.7 Å². The molecule has 142 valence electrons. The van der Waals surface area contributed by atoms with Gasteiger partial charge in [0.1, 0.15) is 11.6 Å². The predicted molar refractivity (Wildman–Crippen MR) is 98.8 cm³/mol. The fraction of sp³-hybridized carbons (Fsp3) is 0.300. The van der Waals surface area contributed by atoms with E-state index in [1.165, 1.54) is 24.1 Å². The summed E-state index contributed by atoms with van der Waals surface area (Å²) < 4.78 is 18.6. The maximum absolute atomic E-state index is 13.4. The van der Waals surface area contributed by atoms with E-state index in [4.69, 9.17) is 9.84 Å². The van der Waals surface area contributed by atoms with E-state index in [0.717, 1.165) is 0 Å². The number of methoxy groups -OCH3 is 1. The SMILES string of the molecule is COc1cccc(C(=O)N(c2ccc(F)cc2)C2CCN(C(=O)O)CC2)c1. The van der Waals surface area contributed by atoms with Crippen LogP contribution in [-0.2, 0) is 0 Å². The van der Waals surface area contributed by atoms with E-state index in [2.05, 4.69) is 0 Å². The first kappa shape index (κ1) is 18.7. The van der Waals surface area contributed by atoms with E-state index in [1.54, 1.807) is 41.3 Å². The molecule has 0 bridgehead atoms. The fourth-order valence-electron chi connectivity index (χ4n) is 3.31. The van der Waals surface area contributed by atoms with Gasteiger partial charge in [-0.1, -0.05) is 6.07 Å². The standard InChI is InChI=1S/C20H21FN2O4/c1-27-18-4-2-3-14(13-18)19(24)23(16-7-5-15(21)6-8-16)17-9-11-22(12-10-17)20(25)26/h2-8,13,17H,9-12H2,1H3,(H,25,26). The number of nitrogens with zero attached hydrogens (tertiary/aromatic N) is 2. The van der Waals surface area contributed by atoms with Crippen LogP contribution >= 0.6 is 0 Å². The molecular weight excluding hydrogens is 351 g/mol. The molecular formula is C20H21FN2O4. The highest BCUT2D eigenvalue weighted by atomic mass is 19.1. The summed E-state index contributed by atoms with van der Waals surface area (Å²) in [5.74, 6) is -0.0388. The van der Waals surface area contributed by atoms with Gasteiger partial charge in [-0.15, -0.1) is 0 Å². The lowest BCUT2D eigenvalue weighted by molar-refractivity contribution is 0.0957. The third-order valence-electron chi connectivity index (χ3n) is 4.74. The third kappa shape index (κ3) is 4.19. The average Bonchev–Trinajstić information content (AvgIpc) is 2.70. The lowest BCUT2D eigenvalue weighted by atomic mass is 10.0. The van der Waals surface area contributed by atoms with Crippen LogP contribution in [-0.4, -0.2) is 48.2 Å². The number of anilines is 1. The van der Waals surface area contributed by atoms with Crippen molar-refractivity contribution in [3.05, 3.63) is 59.9 Å². The number of carboxylic acid groups (broad SMARTS) is 1. The zero-order valence-electron chi connectivity index (χ0n) is 15.0. The van der Waals surface area contributed by atoms with Crippen LogP contribution in [0.4, 0.5) is 14.9 Å². The number of hydrogen-bond acceptors (Lipinski definition) is 3. The number of piperidine rings is 1. The molecule has 6 nitrogen and oxygen atoms in total. The fourth-order valence-corrected chi connectivity index (χ4v) is 3.31. The first-order valence-corrected chi connectivity index (χ1v) is 8.70. The minimum Gasteiger partial charge on any atom is -0.497 e. The van der Waals surface area contributed by atoms with Crippen molar-refractivity contribution < 1.29 is 23.8 Å². The molecule has 3 rings (SSSR count). The van der Waals surface area contributed by atoms with Gasteiger partial charge < -0.3 is 19.6 Å². The Morgan fingerprint density at radius 2 is 1.81 bits per heavy atom. The number of ether oxygens (including phenoxy) is 1. The normalized spacial score (nSPS) is 14.7. The predicted octanol–water partition coefficient (Wildman–Crippen LogP) is 3.62. The van der Waals surface area contributed by atoms with E-state index in [0.29, 0.717) is 42.9 Å². The molecule has 1 aliphatic heterocycles. The van der Waals surface area contributed by atoms with Crippen LogP contribution in [0.1, 0.15) is 23.2 Å². The maximum atomic E-state index is 13.4. The average molecular weight is 372 g/mol. The smallest absolute Gasteiger partial charge is 0.407 e.